The van der Waals surface area contributed by atoms with Gasteiger partial charge in [-0.05, 0) is 32.5 Å². The van der Waals surface area contributed by atoms with Crippen LogP contribution in [0.5, 0.6) is 5.75 Å². The van der Waals surface area contributed by atoms with Gasteiger partial charge in [-0.1, -0.05) is 19.1 Å². The lowest BCUT2D eigenvalue weighted by Gasteiger charge is -2.19. The molecule has 6 heteroatoms. The van der Waals surface area contributed by atoms with Crippen molar-refractivity contribution < 1.29 is 13.9 Å². The molecule has 0 aliphatic carbocycles. The third-order valence-electron chi connectivity index (χ3n) is 2.84. The number of hydrogen-bond acceptors (Lipinski definition) is 3. The van der Waals surface area contributed by atoms with Gasteiger partial charge in [0, 0.05) is 12.6 Å². The molecule has 114 valence electrons. The topological polar surface area (TPSA) is 50.4 Å². The lowest BCUT2D eigenvalue weighted by atomic mass is 10.2. The van der Waals surface area contributed by atoms with Gasteiger partial charge in [0.25, 0.3) is 5.91 Å². The van der Waals surface area contributed by atoms with Crippen molar-refractivity contribution in [1.82, 2.24) is 10.6 Å². The normalized spacial score (nSPS) is 13.0. The molecule has 2 unspecified atom stereocenters. The maximum atomic E-state index is 13.5. The van der Waals surface area contributed by atoms with Gasteiger partial charge in [0.1, 0.15) is 0 Å². The van der Waals surface area contributed by atoms with Crippen LogP contribution in [0, 0.1) is 5.82 Å². The fourth-order valence-corrected chi connectivity index (χ4v) is 1.49. The molecule has 0 aliphatic rings. The van der Waals surface area contributed by atoms with Crippen LogP contribution in [0.25, 0.3) is 0 Å². The minimum atomic E-state index is -0.680. The summed E-state index contributed by atoms with van der Waals surface area (Å²) in [6, 6.07) is 6.25. The zero-order valence-electron chi connectivity index (χ0n) is 12.0. The summed E-state index contributed by atoms with van der Waals surface area (Å²) in [7, 11) is 1.82. The molecule has 1 aromatic carbocycles. The molecule has 1 amide bonds. The van der Waals surface area contributed by atoms with E-state index in [1.807, 2.05) is 20.9 Å². The summed E-state index contributed by atoms with van der Waals surface area (Å²) in [6.45, 7) is 4.29. The Balaban J connectivity index is 0.00000361. The quantitative estimate of drug-likeness (QED) is 0.811. The molecule has 0 saturated carbocycles. The Kier molecular flexibility index (Phi) is 8.92. The van der Waals surface area contributed by atoms with E-state index in [1.165, 1.54) is 12.1 Å². The maximum absolute atomic E-state index is 13.5. The zero-order valence-corrected chi connectivity index (χ0v) is 12.8. The highest BCUT2D eigenvalue weighted by Crippen LogP contribution is 2.18. The summed E-state index contributed by atoms with van der Waals surface area (Å²) in [4.78, 5) is 11.9. The number of halogens is 2. The van der Waals surface area contributed by atoms with Gasteiger partial charge in [-0.2, -0.15) is 0 Å². The Labute approximate surface area is 125 Å². The molecule has 0 heterocycles. The number of rotatable bonds is 7. The molecule has 1 aromatic rings. The molecule has 20 heavy (non-hydrogen) atoms. The fourth-order valence-electron chi connectivity index (χ4n) is 1.49. The number of para-hydroxylation sites is 1. The summed E-state index contributed by atoms with van der Waals surface area (Å²) >= 11 is 0. The smallest absolute Gasteiger partial charge is 0.261 e. The lowest BCUT2D eigenvalue weighted by Crippen LogP contribution is -2.43. The monoisotopic (exact) mass is 304 g/mol. The highest BCUT2D eigenvalue weighted by molar-refractivity contribution is 5.85. The van der Waals surface area contributed by atoms with E-state index in [0.717, 1.165) is 0 Å². The van der Waals surface area contributed by atoms with Gasteiger partial charge < -0.3 is 15.4 Å². The summed E-state index contributed by atoms with van der Waals surface area (Å²) in [5.41, 5.74) is 0. The van der Waals surface area contributed by atoms with Crippen LogP contribution in [0.3, 0.4) is 0 Å². The molecular weight excluding hydrogens is 283 g/mol. The van der Waals surface area contributed by atoms with Crippen molar-refractivity contribution in [2.24, 2.45) is 0 Å². The maximum Gasteiger partial charge on any atom is 0.261 e. The molecule has 0 aromatic heterocycles. The van der Waals surface area contributed by atoms with Gasteiger partial charge in [-0.3, -0.25) is 4.79 Å². The predicted octanol–water partition coefficient (Wildman–Crippen LogP) is 2.13. The molecule has 0 radical (unpaired) electrons. The number of amides is 1. The van der Waals surface area contributed by atoms with Crippen molar-refractivity contribution in [2.45, 2.75) is 32.4 Å². The van der Waals surface area contributed by atoms with Gasteiger partial charge in [0.05, 0.1) is 0 Å². The molecule has 0 fully saturated rings. The second-order valence-corrected chi connectivity index (χ2v) is 4.38. The summed E-state index contributed by atoms with van der Waals surface area (Å²) in [6.07, 6.45) is -0.199. The Bertz CT molecular complexity index is 418. The Morgan fingerprint density at radius 3 is 2.60 bits per heavy atom. The van der Waals surface area contributed by atoms with Crippen molar-refractivity contribution in [3.05, 3.63) is 30.1 Å². The van der Waals surface area contributed by atoms with Crippen LogP contribution < -0.4 is 15.4 Å². The van der Waals surface area contributed by atoms with E-state index in [-0.39, 0.29) is 30.1 Å². The second-order valence-electron chi connectivity index (χ2n) is 4.38. The first-order valence-corrected chi connectivity index (χ1v) is 6.44. The molecule has 2 atom stereocenters. The highest BCUT2D eigenvalue weighted by atomic mass is 35.5. The SMILES string of the molecule is CCC(Oc1ccccc1F)C(=O)NCC(C)NC.Cl. The van der Waals surface area contributed by atoms with Crippen LogP contribution in [-0.2, 0) is 4.79 Å². The van der Waals surface area contributed by atoms with Crippen LogP contribution in [0.15, 0.2) is 24.3 Å². The van der Waals surface area contributed by atoms with Crippen LogP contribution in [0.1, 0.15) is 20.3 Å². The highest BCUT2D eigenvalue weighted by Gasteiger charge is 2.19. The van der Waals surface area contributed by atoms with E-state index in [0.29, 0.717) is 13.0 Å². The Hall–Kier alpha value is -1.33. The lowest BCUT2D eigenvalue weighted by molar-refractivity contribution is -0.128. The number of ether oxygens (including phenoxy) is 1. The van der Waals surface area contributed by atoms with Crippen LogP contribution in [-0.4, -0.2) is 31.6 Å². The van der Waals surface area contributed by atoms with E-state index in [1.54, 1.807) is 12.1 Å². The first-order chi connectivity index (χ1) is 9.08. The van der Waals surface area contributed by atoms with Crippen molar-refractivity contribution in [1.29, 1.82) is 0 Å². The number of nitrogens with one attached hydrogen (secondary N) is 2. The van der Waals surface area contributed by atoms with Gasteiger partial charge in [0.2, 0.25) is 0 Å². The molecule has 1 rings (SSSR count). The largest absolute Gasteiger partial charge is 0.478 e. The van der Waals surface area contributed by atoms with Gasteiger partial charge in [0.15, 0.2) is 17.7 Å². The molecule has 2 N–H and O–H groups in total. The first kappa shape index (κ1) is 18.7. The number of carbonyl (C=O) groups is 1. The summed E-state index contributed by atoms with van der Waals surface area (Å²) in [5.74, 6) is -0.587. The Morgan fingerprint density at radius 2 is 2.05 bits per heavy atom. The third-order valence-corrected chi connectivity index (χ3v) is 2.84. The summed E-state index contributed by atoms with van der Waals surface area (Å²) in [5, 5.41) is 5.80. The van der Waals surface area contributed by atoms with Crippen LogP contribution >= 0.6 is 12.4 Å². The molecule has 0 bridgehead atoms. The van der Waals surface area contributed by atoms with Crippen molar-refractivity contribution >= 4 is 18.3 Å². The summed E-state index contributed by atoms with van der Waals surface area (Å²) < 4.78 is 18.9. The Morgan fingerprint density at radius 1 is 1.40 bits per heavy atom. The van der Waals surface area contributed by atoms with Crippen molar-refractivity contribution in [2.75, 3.05) is 13.6 Å². The third kappa shape index (κ3) is 5.75. The number of likely N-dealkylation sites (N-methyl/N-ethyl adjacent to an activating group) is 1. The first-order valence-electron chi connectivity index (χ1n) is 6.44. The average Bonchev–Trinajstić information content (AvgIpc) is 2.43. The van der Waals surface area contributed by atoms with E-state index in [9.17, 15) is 9.18 Å². The van der Waals surface area contributed by atoms with Crippen LogP contribution in [0.4, 0.5) is 4.39 Å². The van der Waals surface area contributed by atoms with E-state index < -0.39 is 11.9 Å². The molecule has 0 saturated heterocycles. The average molecular weight is 305 g/mol. The fraction of sp³-hybridized carbons (Fsp3) is 0.500. The number of carbonyl (C=O) groups excluding carboxylic acids is 1. The molecule has 0 aliphatic heterocycles. The van der Waals surface area contributed by atoms with Crippen molar-refractivity contribution in [3.8, 4) is 5.75 Å². The van der Waals surface area contributed by atoms with Gasteiger partial charge in [-0.25, -0.2) is 4.39 Å². The van der Waals surface area contributed by atoms with Crippen LogP contribution in [0.2, 0.25) is 0 Å². The predicted molar refractivity (Wildman–Crippen MR) is 79.9 cm³/mol. The standard InChI is InChI=1S/C14H21FN2O2.ClH/c1-4-12(14(18)17-9-10(2)16-3)19-13-8-6-5-7-11(13)15;/h5-8,10,12,16H,4,9H2,1-3H3,(H,17,18);1H. The molecule has 0 spiro atoms. The number of hydrogen-bond donors (Lipinski definition) is 2. The van der Waals surface area contributed by atoms with E-state index in [2.05, 4.69) is 10.6 Å². The van der Waals surface area contributed by atoms with Crippen molar-refractivity contribution in [3.63, 3.8) is 0 Å². The zero-order chi connectivity index (χ0) is 14.3. The van der Waals surface area contributed by atoms with E-state index >= 15 is 0 Å². The van der Waals surface area contributed by atoms with E-state index in [4.69, 9.17) is 4.74 Å². The molecule has 4 nitrogen and oxygen atoms in total. The number of benzene rings is 1. The second kappa shape index (κ2) is 9.55. The minimum absolute atomic E-state index is 0. The minimum Gasteiger partial charge on any atom is -0.478 e. The van der Waals surface area contributed by atoms with Gasteiger partial charge in [-0.15, -0.1) is 12.4 Å². The van der Waals surface area contributed by atoms with Gasteiger partial charge >= 0.3 is 0 Å². The molecular formula is C14H22ClFN2O2.